The third-order valence-electron chi connectivity index (χ3n) is 2.62. The average Bonchev–Trinajstić information content (AvgIpc) is 2.77. The molecular formula is C11H13ClN2O2. The summed E-state index contributed by atoms with van der Waals surface area (Å²) in [5, 5.41) is 11.7. The lowest BCUT2D eigenvalue weighted by atomic mass is 10.2. The molecule has 0 amide bonds. The molecule has 0 saturated heterocycles. The van der Waals surface area contributed by atoms with Crippen LogP contribution in [-0.2, 0) is 4.74 Å². The fraction of sp³-hybridized carbons (Fsp3) is 0.364. The van der Waals surface area contributed by atoms with Crippen LogP contribution >= 0.6 is 11.6 Å². The van der Waals surface area contributed by atoms with E-state index in [1.165, 1.54) is 6.20 Å². The Morgan fingerprint density at radius 1 is 1.56 bits per heavy atom. The molecule has 0 unspecified atom stereocenters. The van der Waals surface area contributed by atoms with E-state index in [-0.39, 0.29) is 12.1 Å². The topological polar surface area (TPSA) is 45.6 Å². The highest BCUT2D eigenvalue weighted by Crippen LogP contribution is 2.23. The highest BCUT2D eigenvalue weighted by atomic mass is 35.5. The first-order valence-electron chi connectivity index (χ1n) is 5.01. The van der Waals surface area contributed by atoms with Gasteiger partial charge >= 0.3 is 0 Å². The molecule has 0 fully saturated rings. The second-order valence-electron chi connectivity index (χ2n) is 3.61. The van der Waals surface area contributed by atoms with Crippen molar-refractivity contribution in [3.05, 3.63) is 35.5 Å². The summed E-state index contributed by atoms with van der Waals surface area (Å²) in [5.41, 5.74) is 0. The monoisotopic (exact) mass is 240 g/mol. The minimum atomic E-state index is -0.126. The highest BCUT2D eigenvalue weighted by Gasteiger charge is 2.28. The molecule has 4 nitrogen and oxygen atoms in total. The van der Waals surface area contributed by atoms with Gasteiger partial charge in [0.15, 0.2) is 5.82 Å². The lowest BCUT2D eigenvalue weighted by Gasteiger charge is -2.27. The molecule has 0 saturated carbocycles. The maximum atomic E-state index is 10.0. The van der Waals surface area contributed by atoms with Gasteiger partial charge < -0.3 is 4.74 Å². The Balaban J connectivity index is 2.13. The molecule has 1 aliphatic rings. The Labute approximate surface area is 99.1 Å². The molecule has 1 heterocycles. The van der Waals surface area contributed by atoms with E-state index in [1.54, 1.807) is 19.2 Å². The molecule has 0 aliphatic heterocycles. The third kappa shape index (κ3) is 2.19. The number of aromatic nitrogens is 1. The summed E-state index contributed by atoms with van der Waals surface area (Å²) in [4.78, 5) is 4.05. The van der Waals surface area contributed by atoms with E-state index in [2.05, 4.69) is 4.98 Å². The number of hydrogen-bond acceptors (Lipinski definition) is 4. The normalized spacial score (nSPS) is 23.7. The van der Waals surface area contributed by atoms with Crippen molar-refractivity contribution in [2.45, 2.75) is 18.6 Å². The number of anilines is 1. The summed E-state index contributed by atoms with van der Waals surface area (Å²) >= 11 is 5.73. The van der Waals surface area contributed by atoms with Gasteiger partial charge in [-0.15, -0.1) is 0 Å². The molecule has 16 heavy (non-hydrogen) atoms. The summed E-state index contributed by atoms with van der Waals surface area (Å²) in [6, 6.07) is 3.24. The van der Waals surface area contributed by atoms with Gasteiger partial charge in [0.05, 0.1) is 17.2 Å². The van der Waals surface area contributed by atoms with Gasteiger partial charge in [-0.2, -0.15) is 0 Å². The Morgan fingerprint density at radius 2 is 2.38 bits per heavy atom. The lowest BCUT2D eigenvalue weighted by Crippen LogP contribution is -2.39. The summed E-state index contributed by atoms with van der Waals surface area (Å²) in [6.07, 6.45) is 6.05. The Bertz CT molecular complexity index is 380. The molecule has 2 atom stereocenters. The van der Waals surface area contributed by atoms with Gasteiger partial charge in [0.1, 0.15) is 0 Å². The fourth-order valence-corrected chi connectivity index (χ4v) is 1.87. The Morgan fingerprint density at radius 3 is 3.00 bits per heavy atom. The van der Waals surface area contributed by atoms with Crippen LogP contribution in [0.5, 0.6) is 0 Å². The SMILES string of the molecule is CO[C@@H]1C=CC[C@H]1N(O)c1ccc(Cl)cn1. The van der Waals surface area contributed by atoms with E-state index in [9.17, 15) is 5.21 Å². The van der Waals surface area contributed by atoms with Crippen LogP contribution in [0.3, 0.4) is 0 Å². The van der Waals surface area contributed by atoms with Crippen LogP contribution in [0.4, 0.5) is 5.82 Å². The molecular weight excluding hydrogens is 228 g/mol. The van der Waals surface area contributed by atoms with E-state index in [1.807, 2.05) is 12.2 Å². The standard InChI is InChI=1S/C11H13ClN2O2/c1-16-10-4-2-3-9(10)14(15)11-6-5-8(12)7-13-11/h2,4-7,9-10,15H,3H2,1H3/t9-,10-/m1/s1. The zero-order chi connectivity index (χ0) is 11.5. The number of rotatable bonds is 3. The van der Waals surface area contributed by atoms with Crippen LogP contribution in [0.25, 0.3) is 0 Å². The lowest BCUT2D eigenvalue weighted by molar-refractivity contribution is 0.0841. The predicted molar refractivity (Wildman–Crippen MR) is 61.9 cm³/mol. The number of ether oxygens (including phenoxy) is 1. The molecule has 0 aromatic carbocycles. The maximum absolute atomic E-state index is 10.0. The highest BCUT2D eigenvalue weighted by molar-refractivity contribution is 6.30. The second-order valence-corrected chi connectivity index (χ2v) is 4.05. The zero-order valence-corrected chi connectivity index (χ0v) is 9.63. The number of hydroxylamine groups is 1. The molecule has 1 N–H and O–H groups in total. The average molecular weight is 241 g/mol. The minimum Gasteiger partial charge on any atom is -0.375 e. The number of nitrogens with zero attached hydrogens (tertiary/aromatic N) is 2. The summed E-state index contributed by atoms with van der Waals surface area (Å²) in [7, 11) is 1.62. The largest absolute Gasteiger partial charge is 0.375 e. The van der Waals surface area contributed by atoms with E-state index in [4.69, 9.17) is 16.3 Å². The molecule has 5 heteroatoms. The van der Waals surface area contributed by atoms with Crippen molar-refractivity contribution < 1.29 is 9.94 Å². The van der Waals surface area contributed by atoms with Crippen LogP contribution in [0.1, 0.15) is 6.42 Å². The molecule has 86 valence electrons. The maximum Gasteiger partial charge on any atom is 0.152 e. The smallest absolute Gasteiger partial charge is 0.152 e. The minimum absolute atomic E-state index is 0.109. The van der Waals surface area contributed by atoms with Crippen molar-refractivity contribution in [1.82, 2.24) is 4.98 Å². The van der Waals surface area contributed by atoms with Crippen molar-refractivity contribution in [2.24, 2.45) is 0 Å². The van der Waals surface area contributed by atoms with E-state index >= 15 is 0 Å². The number of methoxy groups -OCH3 is 1. The summed E-state index contributed by atoms with van der Waals surface area (Å²) < 4.78 is 5.25. The van der Waals surface area contributed by atoms with E-state index < -0.39 is 0 Å². The molecule has 0 radical (unpaired) electrons. The zero-order valence-electron chi connectivity index (χ0n) is 8.88. The van der Waals surface area contributed by atoms with Gasteiger partial charge in [0, 0.05) is 13.3 Å². The van der Waals surface area contributed by atoms with E-state index in [0.717, 1.165) is 11.5 Å². The van der Waals surface area contributed by atoms with Gasteiger partial charge in [0.25, 0.3) is 0 Å². The van der Waals surface area contributed by atoms with Crippen molar-refractivity contribution in [1.29, 1.82) is 0 Å². The van der Waals surface area contributed by atoms with Crippen molar-refractivity contribution in [3.63, 3.8) is 0 Å². The van der Waals surface area contributed by atoms with Crippen LogP contribution in [0.2, 0.25) is 5.02 Å². The second kappa shape index (κ2) is 4.82. The van der Waals surface area contributed by atoms with Crippen LogP contribution in [0.15, 0.2) is 30.5 Å². The van der Waals surface area contributed by atoms with Crippen LogP contribution in [0, 0.1) is 0 Å². The Hall–Kier alpha value is -1.10. The van der Waals surface area contributed by atoms with Gasteiger partial charge in [-0.25, -0.2) is 10.0 Å². The van der Waals surface area contributed by atoms with Gasteiger partial charge in [-0.1, -0.05) is 23.8 Å². The predicted octanol–water partition coefficient (Wildman–Crippen LogP) is 2.27. The summed E-state index contributed by atoms with van der Waals surface area (Å²) in [6.45, 7) is 0. The third-order valence-corrected chi connectivity index (χ3v) is 2.84. The molecule has 2 rings (SSSR count). The quantitative estimate of drug-likeness (QED) is 0.650. The molecule has 1 aromatic heterocycles. The van der Waals surface area contributed by atoms with Gasteiger partial charge in [0.2, 0.25) is 0 Å². The number of pyridine rings is 1. The first-order valence-corrected chi connectivity index (χ1v) is 5.39. The molecule has 0 bridgehead atoms. The Kier molecular flexibility index (Phi) is 3.43. The van der Waals surface area contributed by atoms with Gasteiger partial charge in [-0.3, -0.25) is 5.21 Å². The first kappa shape index (κ1) is 11.4. The summed E-state index contributed by atoms with van der Waals surface area (Å²) in [5.74, 6) is 0.472. The van der Waals surface area contributed by atoms with Crippen molar-refractivity contribution in [2.75, 3.05) is 12.2 Å². The number of hydrogen-bond donors (Lipinski definition) is 1. The molecule has 1 aromatic rings. The van der Waals surface area contributed by atoms with Crippen molar-refractivity contribution >= 4 is 17.4 Å². The van der Waals surface area contributed by atoms with Crippen LogP contribution in [-0.4, -0.2) is 29.4 Å². The molecule has 0 spiro atoms. The number of halogens is 1. The van der Waals surface area contributed by atoms with Crippen LogP contribution < -0.4 is 5.06 Å². The van der Waals surface area contributed by atoms with Gasteiger partial charge in [-0.05, 0) is 18.6 Å². The van der Waals surface area contributed by atoms with E-state index in [0.29, 0.717) is 10.8 Å². The fourth-order valence-electron chi connectivity index (χ4n) is 1.76. The first-order chi connectivity index (χ1) is 7.72. The molecule has 1 aliphatic carbocycles. The van der Waals surface area contributed by atoms with Crippen molar-refractivity contribution in [3.8, 4) is 0 Å².